The zero-order valence-corrected chi connectivity index (χ0v) is 28.0. The van der Waals surface area contributed by atoms with Gasteiger partial charge in [-0.05, 0) is 67.1 Å². The van der Waals surface area contributed by atoms with Crippen LogP contribution in [-0.2, 0) is 32.6 Å². The van der Waals surface area contributed by atoms with Crippen molar-refractivity contribution in [2.45, 2.75) is 70.5 Å². The second kappa shape index (κ2) is 15.5. The number of carbonyl (C=O) groups excluding carboxylic acids is 2. The number of hydrogen-bond acceptors (Lipinski definition) is 4. The average molecular weight is 679 g/mol. The molecular weight excluding hydrogens is 641 g/mol. The lowest BCUT2D eigenvalue weighted by atomic mass is 10.0. The highest BCUT2D eigenvalue weighted by atomic mass is 35.5. The van der Waals surface area contributed by atoms with Crippen molar-refractivity contribution in [2.24, 2.45) is 0 Å². The number of nitrogens with zero attached hydrogens (tertiary/aromatic N) is 2. The Labute approximate surface area is 275 Å². The number of sulfonamides is 1. The number of rotatable bonds is 13. The van der Waals surface area contributed by atoms with Crippen molar-refractivity contribution in [3.63, 3.8) is 0 Å². The normalized spacial score (nSPS) is 14.3. The third kappa shape index (κ3) is 9.36. The molecule has 0 spiro atoms. The maximum absolute atomic E-state index is 14.1. The van der Waals surface area contributed by atoms with Crippen LogP contribution in [0.25, 0.3) is 0 Å². The van der Waals surface area contributed by atoms with Gasteiger partial charge in [-0.1, -0.05) is 90.1 Å². The maximum Gasteiger partial charge on any atom is 0.243 e. The molecule has 4 rings (SSSR count). The van der Waals surface area contributed by atoms with Crippen LogP contribution >= 0.6 is 34.8 Å². The van der Waals surface area contributed by atoms with E-state index in [1.807, 2.05) is 37.3 Å². The van der Waals surface area contributed by atoms with E-state index in [2.05, 4.69) is 5.32 Å². The van der Waals surface area contributed by atoms with Gasteiger partial charge in [-0.15, -0.1) is 0 Å². The van der Waals surface area contributed by atoms with Gasteiger partial charge in [0.2, 0.25) is 21.8 Å². The van der Waals surface area contributed by atoms with Crippen molar-refractivity contribution in [1.29, 1.82) is 0 Å². The molecule has 3 aromatic rings. The number of amides is 2. The predicted molar refractivity (Wildman–Crippen MR) is 179 cm³/mol. The fraction of sp³-hybridized carbons (Fsp3) is 0.394. The topological polar surface area (TPSA) is 86.8 Å². The van der Waals surface area contributed by atoms with Gasteiger partial charge in [-0.25, -0.2) is 8.42 Å². The zero-order chi connectivity index (χ0) is 31.9. The van der Waals surface area contributed by atoms with Gasteiger partial charge in [0.1, 0.15) is 6.04 Å². The molecule has 44 heavy (non-hydrogen) atoms. The molecule has 0 aromatic heterocycles. The van der Waals surface area contributed by atoms with Crippen molar-refractivity contribution in [2.75, 3.05) is 17.1 Å². The van der Waals surface area contributed by atoms with Crippen molar-refractivity contribution < 1.29 is 18.0 Å². The SMILES string of the molecule is Cc1ccc(Cl)cc1N(CCCC(=O)N(Cc1ccc(Cl)cc1Cl)C(Cc1ccccc1)C(=O)NC1CCCC1)S(C)(=O)=O. The monoisotopic (exact) mass is 677 g/mol. The van der Waals surface area contributed by atoms with Gasteiger partial charge in [0.05, 0.1) is 11.9 Å². The maximum atomic E-state index is 14.1. The first-order valence-electron chi connectivity index (χ1n) is 14.7. The number of hydrogen-bond donors (Lipinski definition) is 1. The van der Waals surface area contributed by atoms with E-state index in [0.29, 0.717) is 32.7 Å². The average Bonchev–Trinajstić information content (AvgIpc) is 3.48. The lowest BCUT2D eigenvalue weighted by Gasteiger charge is -2.33. The Morgan fingerprint density at radius 1 is 0.955 bits per heavy atom. The van der Waals surface area contributed by atoms with E-state index < -0.39 is 16.1 Å². The minimum Gasteiger partial charge on any atom is -0.352 e. The molecule has 1 N–H and O–H groups in total. The number of anilines is 1. The number of benzene rings is 3. The lowest BCUT2D eigenvalue weighted by molar-refractivity contribution is -0.141. The molecule has 1 atom stereocenters. The van der Waals surface area contributed by atoms with E-state index in [1.165, 1.54) is 4.31 Å². The highest BCUT2D eigenvalue weighted by molar-refractivity contribution is 7.92. The Morgan fingerprint density at radius 3 is 2.27 bits per heavy atom. The fourth-order valence-corrected chi connectivity index (χ4v) is 7.24. The third-order valence-corrected chi connectivity index (χ3v) is 9.92. The largest absolute Gasteiger partial charge is 0.352 e. The Bertz CT molecular complexity index is 1560. The molecule has 1 aliphatic carbocycles. The standard InChI is InChI=1S/C33H38Cl3N3O4S/c1-23-14-16-27(35)21-30(23)39(44(2,42)43)18-8-13-32(40)38(22-25-15-17-26(34)20-29(25)36)31(19-24-9-4-3-5-10-24)33(41)37-28-11-6-7-12-28/h3-5,9-10,14-17,20-21,28,31H,6-8,11-13,18-19,22H2,1-2H3,(H,37,41). The number of aryl methyl sites for hydroxylation is 1. The van der Waals surface area contributed by atoms with Gasteiger partial charge in [0.25, 0.3) is 0 Å². The van der Waals surface area contributed by atoms with Crippen molar-refractivity contribution in [3.8, 4) is 0 Å². The van der Waals surface area contributed by atoms with Gasteiger partial charge < -0.3 is 10.2 Å². The molecule has 236 valence electrons. The van der Waals surface area contributed by atoms with Crippen LogP contribution < -0.4 is 9.62 Å². The predicted octanol–water partition coefficient (Wildman–Crippen LogP) is 7.20. The summed E-state index contributed by atoms with van der Waals surface area (Å²) in [6, 6.07) is 19.0. The Kier molecular flexibility index (Phi) is 12.0. The van der Waals surface area contributed by atoms with Crippen LogP contribution in [0.15, 0.2) is 66.7 Å². The summed E-state index contributed by atoms with van der Waals surface area (Å²) in [5.74, 6) is -0.499. The molecule has 7 nitrogen and oxygen atoms in total. The summed E-state index contributed by atoms with van der Waals surface area (Å²) in [6.07, 6.45) is 5.61. The van der Waals surface area contributed by atoms with Crippen molar-refractivity contribution in [3.05, 3.63) is 98.5 Å². The molecule has 0 saturated heterocycles. The first-order valence-corrected chi connectivity index (χ1v) is 17.7. The first kappa shape index (κ1) is 34.1. The van der Waals surface area contributed by atoms with Crippen molar-refractivity contribution in [1.82, 2.24) is 10.2 Å². The first-order chi connectivity index (χ1) is 20.9. The van der Waals surface area contributed by atoms with E-state index >= 15 is 0 Å². The van der Waals surface area contributed by atoms with E-state index in [-0.39, 0.29) is 43.8 Å². The van der Waals surface area contributed by atoms with Gasteiger partial charge >= 0.3 is 0 Å². The highest BCUT2D eigenvalue weighted by Gasteiger charge is 2.32. The smallest absolute Gasteiger partial charge is 0.243 e. The van der Waals surface area contributed by atoms with Gasteiger partial charge in [-0.3, -0.25) is 13.9 Å². The van der Waals surface area contributed by atoms with Crippen molar-refractivity contribution >= 4 is 62.3 Å². The van der Waals surface area contributed by atoms with Crippen LogP contribution in [0.2, 0.25) is 15.1 Å². The van der Waals surface area contributed by atoms with Crippen LogP contribution in [0.4, 0.5) is 5.69 Å². The number of halogens is 3. The van der Waals surface area contributed by atoms with Gasteiger partial charge in [-0.2, -0.15) is 0 Å². The molecule has 1 fully saturated rings. The second-order valence-corrected chi connectivity index (χ2v) is 14.5. The molecular formula is C33H38Cl3N3O4S. The summed E-state index contributed by atoms with van der Waals surface area (Å²) in [5.41, 5.74) is 2.79. The molecule has 1 aliphatic rings. The van der Waals surface area contributed by atoms with Gasteiger partial charge in [0, 0.05) is 47.0 Å². The van der Waals surface area contributed by atoms with E-state index in [0.717, 1.165) is 43.1 Å². The number of carbonyl (C=O) groups is 2. The summed E-state index contributed by atoms with van der Waals surface area (Å²) in [7, 11) is -3.66. The van der Waals surface area contributed by atoms with E-state index in [9.17, 15) is 18.0 Å². The molecule has 1 unspecified atom stereocenters. The third-order valence-electron chi connectivity index (χ3n) is 7.92. The summed E-state index contributed by atoms with van der Waals surface area (Å²) in [4.78, 5) is 29.5. The molecule has 2 amide bonds. The van der Waals surface area contributed by atoms with Crippen LogP contribution in [0.3, 0.4) is 0 Å². The summed E-state index contributed by atoms with van der Waals surface area (Å²) in [6.45, 7) is 1.97. The number of nitrogens with one attached hydrogen (secondary N) is 1. The lowest BCUT2D eigenvalue weighted by Crippen LogP contribution is -2.52. The molecule has 0 radical (unpaired) electrons. The summed E-state index contributed by atoms with van der Waals surface area (Å²) < 4.78 is 26.8. The minimum atomic E-state index is -3.66. The van der Waals surface area contributed by atoms with Crippen LogP contribution in [0, 0.1) is 6.92 Å². The molecule has 3 aromatic carbocycles. The Hall–Kier alpha value is -2.78. The molecule has 0 aliphatic heterocycles. The molecule has 0 bridgehead atoms. The summed E-state index contributed by atoms with van der Waals surface area (Å²) in [5, 5.41) is 4.46. The molecule has 11 heteroatoms. The highest BCUT2D eigenvalue weighted by Crippen LogP contribution is 2.28. The Balaban J connectivity index is 1.62. The van der Waals surface area contributed by atoms with E-state index in [1.54, 1.807) is 41.3 Å². The minimum absolute atomic E-state index is 0.0127. The molecule has 0 heterocycles. The zero-order valence-electron chi connectivity index (χ0n) is 24.9. The van der Waals surface area contributed by atoms with Crippen LogP contribution in [0.5, 0.6) is 0 Å². The summed E-state index contributed by atoms with van der Waals surface area (Å²) >= 11 is 18.9. The fourth-order valence-electron chi connectivity index (χ4n) is 5.59. The van der Waals surface area contributed by atoms with Crippen LogP contribution in [-0.4, -0.2) is 50.0 Å². The van der Waals surface area contributed by atoms with Gasteiger partial charge in [0.15, 0.2) is 0 Å². The quantitative estimate of drug-likeness (QED) is 0.207. The Morgan fingerprint density at radius 2 is 1.61 bits per heavy atom. The second-order valence-electron chi connectivity index (χ2n) is 11.3. The molecule has 1 saturated carbocycles. The van der Waals surface area contributed by atoms with E-state index in [4.69, 9.17) is 34.8 Å². The van der Waals surface area contributed by atoms with Crippen LogP contribution in [0.1, 0.15) is 55.2 Å².